The van der Waals surface area contributed by atoms with Crippen LogP contribution in [-0.4, -0.2) is 43.1 Å². The SMILES string of the molecule is CS(=O)(=O)N1CCCC(Nc2c(F)c(F)nc(F)c2F)C1. The summed E-state index contributed by atoms with van der Waals surface area (Å²) in [6, 6.07) is -0.654. The molecule has 0 aliphatic carbocycles. The van der Waals surface area contributed by atoms with Crippen molar-refractivity contribution >= 4 is 15.7 Å². The molecule has 1 atom stereocenters. The molecule has 1 unspecified atom stereocenters. The van der Waals surface area contributed by atoms with Gasteiger partial charge in [0.1, 0.15) is 5.69 Å². The van der Waals surface area contributed by atoms with Crippen molar-refractivity contribution in [3.8, 4) is 0 Å². The third kappa shape index (κ3) is 3.43. The highest BCUT2D eigenvalue weighted by Crippen LogP contribution is 2.25. The number of sulfonamides is 1. The molecule has 1 aromatic heterocycles. The number of anilines is 1. The van der Waals surface area contributed by atoms with Crippen molar-refractivity contribution in [1.29, 1.82) is 0 Å². The second-order valence-corrected chi connectivity index (χ2v) is 6.78. The molecule has 0 bridgehead atoms. The summed E-state index contributed by atoms with van der Waals surface area (Å²) in [5.41, 5.74) is -0.972. The Kier molecular flexibility index (Phi) is 4.38. The highest BCUT2D eigenvalue weighted by Gasteiger charge is 2.28. The number of piperidine rings is 1. The summed E-state index contributed by atoms with van der Waals surface area (Å²) in [4.78, 5) is 2.45. The van der Waals surface area contributed by atoms with E-state index in [2.05, 4.69) is 10.3 Å². The second-order valence-electron chi connectivity index (χ2n) is 4.80. The van der Waals surface area contributed by atoms with Gasteiger partial charge in [0.15, 0.2) is 0 Å². The Bertz CT molecular complexity index is 627. The van der Waals surface area contributed by atoms with Crippen LogP contribution in [-0.2, 0) is 10.0 Å². The van der Waals surface area contributed by atoms with Gasteiger partial charge in [0.05, 0.1) is 6.26 Å². The largest absolute Gasteiger partial charge is 0.376 e. The van der Waals surface area contributed by atoms with E-state index in [-0.39, 0.29) is 6.54 Å². The Morgan fingerprint density at radius 3 is 2.29 bits per heavy atom. The molecule has 2 rings (SSSR count). The summed E-state index contributed by atoms with van der Waals surface area (Å²) in [7, 11) is -3.44. The molecule has 0 radical (unpaired) electrons. The van der Waals surface area contributed by atoms with E-state index in [9.17, 15) is 26.0 Å². The smallest absolute Gasteiger partial charge is 0.253 e. The number of halogens is 4. The predicted octanol–water partition coefficient (Wildman–Crippen LogP) is 1.47. The Hall–Kier alpha value is -1.42. The van der Waals surface area contributed by atoms with E-state index in [0.29, 0.717) is 19.4 Å². The molecule has 0 aromatic carbocycles. The summed E-state index contributed by atoms with van der Waals surface area (Å²) in [5.74, 6) is -6.78. The average molecular weight is 327 g/mol. The molecule has 0 amide bonds. The van der Waals surface area contributed by atoms with Crippen molar-refractivity contribution in [2.75, 3.05) is 24.7 Å². The van der Waals surface area contributed by atoms with Gasteiger partial charge in [-0.1, -0.05) is 0 Å². The fourth-order valence-corrected chi connectivity index (χ4v) is 3.09. The standard InChI is InChI=1S/C11H13F4N3O2S/c1-21(19,20)18-4-2-3-6(5-18)16-9-7(12)10(14)17-11(15)8(9)13/h6H,2-5H2,1H3,(H,16,17). The van der Waals surface area contributed by atoms with Gasteiger partial charge in [-0.05, 0) is 12.8 Å². The highest BCUT2D eigenvalue weighted by molar-refractivity contribution is 7.88. The quantitative estimate of drug-likeness (QED) is 0.675. The van der Waals surface area contributed by atoms with Crippen LogP contribution in [0.5, 0.6) is 0 Å². The monoisotopic (exact) mass is 327 g/mol. The molecule has 1 saturated heterocycles. The van der Waals surface area contributed by atoms with Crippen molar-refractivity contribution in [2.45, 2.75) is 18.9 Å². The van der Waals surface area contributed by atoms with Crippen LogP contribution in [0.1, 0.15) is 12.8 Å². The minimum Gasteiger partial charge on any atom is -0.376 e. The lowest BCUT2D eigenvalue weighted by Gasteiger charge is -2.32. The lowest BCUT2D eigenvalue weighted by molar-refractivity contribution is 0.326. The summed E-state index contributed by atoms with van der Waals surface area (Å²) in [6.45, 7) is 0.254. The Morgan fingerprint density at radius 1 is 1.19 bits per heavy atom. The molecule has 118 valence electrons. The zero-order chi connectivity index (χ0) is 15.8. The molecule has 2 heterocycles. The molecule has 0 saturated carbocycles. The second kappa shape index (κ2) is 5.76. The average Bonchev–Trinajstić information content (AvgIpc) is 2.41. The molecule has 1 aliphatic heterocycles. The number of hydrogen-bond acceptors (Lipinski definition) is 4. The maximum atomic E-state index is 13.5. The fourth-order valence-electron chi connectivity index (χ4n) is 2.18. The van der Waals surface area contributed by atoms with E-state index in [1.807, 2.05) is 0 Å². The van der Waals surface area contributed by atoms with E-state index >= 15 is 0 Å². The summed E-state index contributed by atoms with van der Waals surface area (Å²) in [5, 5.41) is 2.33. The van der Waals surface area contributed by atoms with Gasteiger partial charge in [0.25, 0.3) is 11.9 Å². The molecule has 1 fully saturated rings. The first-order chi connectivity index (χ1) is 9.70. The first kappa shape index (κ1) is 16.0. The van der Waals surface area contributed by atoms with Crippen LogP contribution >= 0.6 is 0 Å². The van der Waals surface area contributed by atoms with Crippen molar-refractivity contribution in [3.05, 3.63) is 23.5 Å². The topological polar surface area (TPSA) is 62.3 Å². The van der Waals surface area contributed by atoms with Gasteiger partial charge < -0.3 is 5.32 Å². The van der Waals surface area contributed by atoms with Crippen LogP contribution in [0.15, 0.2) is 0 Å². The third-order valence-electron chi connectivity index (χ3n) is 3.20. The van der Waals surface area contributed by atoms with Crippen LogP contribution in [0.4, 0.5) is 23.2 Å². The zero-order valence-corrected chi connectivity index (χ0v) is 11.9. The van der Waals surface area contributed by atoms with E-state index < -0.39 is 45.3 Å². The van der Waals surface area contributed by atoms with E-state index in [1.165, 1.54) is 0 Å². The molecule has 1 aliphatic rings. The Morgan fingerprint density at radius 2 is 1.76 bits per heavy atom. The van der Waals surface area contributed by atoms with Crippen LogP contribution in [0.3, 0.4) is 0 Å². The predicted molar refractivity (Wildman–Crippen MR) is 67.1 cm³/mol. The van der Waals surface area contributed by atoms with E-state index in [0.717, 1.165) is 10.6 Å². The van der Waals surface area contributed by atoms with Crippen LogP contribution in [0.2, 0.25) is 0 Å². The van der Waals surface area contributed by atoms with Crippen LogP contribution < -0.4 is 5.32 Å². The van der Waals surface area contributed by atoms with Crippen molar-refractivity contribution in [2.24, 2.45) is 0 Å². The minimum atomic E-state index is -3.44. The lowest BCUT2D eigenvalue weighted by Crippen LogP contribution is -2.44. The number of nitrogens with one attached hydrogen (secondary N) is 1. The zero-order valence-electron chi connectivity index (χ0n) is 11.0. The van der Waals surface area contributed by atoms with E-state index in [4.69, 9.17) is 0 Å². The maximum Gasteiger partial charge on any atom is 0.253 e. The van der Waals surface area contributed by atoms with Gasteiger partial charge in [-0.2, -0.15) is 22.5 Å². The van der Waals surface area contributed by atoms with Crippen molar-refractivity contribution < 1.29 is 26.0 Å². The first-order valence-corrected chi connectivity index (χ1v) is 7.96. The molecule has 5 nitrogen and oxygen atoms in total. The summed E-state index contributed by atoms with van der Waals surface area (Å²) < 4.78 is 77.0. The third-order valence-corrected chi connectivity index (χ3v) is 4.47. The lowest BCUT2D eigenvalue weighted by atomic mass is 10.1. The van der Waals surface area contributed by atoms with Crippen molar-refractivity contribution in [1.82, 2.24) is 9.29 Å². The van der Waals surface area contributed by atoms with Crippen molar-refractivity contribution in [3.63, 3.8) is 0 Å². The molecule has 1 aromatic rings. The fraction of sp³-hybridized carbons (Fsp3) is 0.545. The van der Waals surface area contributed by atoms with Gasteiger partial charge >= 0.3 is 0 Å². The number of rotatable bonds is 3. The van der Waals surface area contributed by atoms with Gasteiger partial charge in [0, 0.05) is 19.1 Å². The highest BCUT2D eigenvalue weighted by atomic mass is 32.2. The molecule has 1 N–H and O–H groups in total. The molecule has 10 heteroatoms. The van der Waals surface area contributed by atoms with Crippen LogP contribution in [0.25, 0.3) is 0 Å². The molecule has 0 spiro atoms. The molecular formula is C11H13F4N3O2S. The number of pyridine rings is 1. The molecule has 21 heavy (non-hydrogen) atoms. The van der Waals surface area contributed by atoms with Gasteiger partial charge in [-0.3, -0.25) is 0 Å². The molecular weight excluding hydrogens is 314 g/mol. The normalized spacial score (nSPS) is 20.5. The summed E-state index contributed by atoms with van der Waals surface area (Å²) >= 11 is 0. The van der Waals surface area contributed by atoms with Gasteiger partial charge in [-0.15, -0.1) is 0 Å². The number of nitrogens with zero attached hydrogens (tertiary/aromatic N) is 2. The van der Waals surface area contributed by atoms with E-state index in [1.54, 1.807) is 0 Å². The number of aromatic nitrogens is 1. The Balaban J connectivity index is 2.23. The first-order valence-electron chi connectivity index (χ1n) is 6.11. The van der Waals surface area contributed by atoms with Gasteiger partial charge in [-0.25, -0.2) is 12.7 Å². The Labute approximate surface area is 119 Å². The number of hydrogen-bond donors (Lipinski definition) is 1. The van der Waals surface area contributed by atoms with Gasteiger partial charge in [0.2, 0.25) is 21.7 Å². The summed E-state index contributed by atoms with van der Waals surface area (Å²) in [6.07, 6.45) is 1.89. The van der Waals surface area contributed by atoms with Crippen LogP contribution in [0, 0.1) is 23.5 Å². The minimum absolute atomic E-state index is 0.0384. The maximum absolute atomic E-state index is 13.5.